The first kappa shape index (κ1) is 15.0. The third-order valence-electron chi connectivity index (χ3n) is 3.43. The number of carbonyl (C=O) groups is 2. The van der Waals surface area contributed by atoms with Crippen molar-refractivity contribution in [3.8, 4) is 0 Å². The maximum absolute atomic E-state index is 12.5. The number of hydrogen-bond acceptors (Lipinski definition) is 5. The molecule has 1 aromatic rings. The summed E-state index contributed by atoms with van der Waals surface area (Å²) < 4.78 is 5.06. The van der Waals surface area contributed by atoms with E-state index in [0.717, 1.165) is 23.5 Å². The average molecular weight is 296 g/mol. The standard InChI is InChI=1S/C14H20N2O3S/c1-4-19-14(18)11-6-5-7-16(8-11)13(17)12-9(2)15-10(3)20-12/h11H,4-8H2,1-3H3/t11-/m1/s1. The van der Waals surface area contributed by atoms with E-state index in [2.05, 4.69) is 4.98 Å². The Morgan fingerprint density at radius 2 is 2.20 bits per heavy atom. The zero-order valence-corrected chi connectivity index (χ0v) is 13.0. The van der Waals surface area contributed by atoms with Gasteiger partial charge < -0.3 is 9.64 Å². The largest absolute Gasteiger partial charge is 0.466 e. The summed E-state index contributed by atoms with van der Waals surface area (Å²) in [5.74, 6) is -0.397. The molecule has 0 saturated carbocycles. The van der Waals surface area contributed by atoms with E-state index in [1.54, 1.807) is 11.8 Å². The second kappa shape index (κ2) is 6.35. The van der Waals surface area contributed by atoms with E-state index in [9.17, 15) is 9.59 Å². The zero-order chi connectivity index (χ0) is 14.7. The number of hydrogen-bond donors (Lipinski definition) is 0. The predicted octanol–water partition coefficient (Wildman–Crippen LogP) is 2.18. The van der Waals surface area contributed by atoms with Gasteiger partial charge in [0.2, 0.25) is 0 Å². The molecule has 0 spiro atoms. The molecule has 0 bridgehead atoms. The summed E-state index contributed by atoms with van der Waals surface area (Å²) in [5.41, 5.74) is 0.774. The highest BCUT2D eigenvalue weighted by molar-refractivity contribution is 7.13. The molecule has 1 fully saturated rings. The number of nitrogens with zero attached hydrogens (tertiary/aromatic N) is 2. The molecule has 0 radical (unpaired) electrons. The molecule has 0 aliphatic carbocycles. The predicted molar refractivity (Wildman–Crippen MR) is 76.8 cm³/mol. The number of carbonyl (C=O) groups excluding carboxylic acids is 2. The topological polar surface area (TPSA) is 59.5 Å². The van der Waals surface area contributed by atoms with Gasteiger partial charge in [-0.2, -0.15) is 0 Å². The molecule has 2 heterocycles. The van der Waals surface area contributed by atoms with Crippen LogP contribution in [-0.2, 0) is 9.53 Å². The lowest BCUT2D eigenvalue weighted by molar-refractivity contribution is -0.149. The fourth-order valence-electron chi connectivity index (χ4n) is 2.49. The normalized spacial score (nSPS) is 18.9. The van der Waals surface area contributed by atoms with Gasteiger partial charge in [0.1, 0.15) is 4.88 Å². The molecular formula is C14H20N2O3S. The van der Waals surface area contributed by atoms with Crippen molar-refractivity contribution >= 4 is 23.2 Å². The minimum atomic E-state index is -0.193. The van der Waals surface area contributed by atoms with Crippen LogP contribution in [0.3, 0.4) is 0 Å². The summed E-state index contributed by atoms with van der Waals surface area (Å²) in [6, 6.07) is 0. The van der Waals surface area contributed by atoms with Crippen LogP contribution in [0.15, 0.2) is 0 Å². The number of rotatable bonds is 3. The molecule has 110 valence electrons. The van der Waals surface area contributed by atoms with E-state index < -0.39 is 0 Å². The maximum atomic E-state index is 12.5. The average Bonchev–Trinajstić information content (AvgIpc) is 2.77. The Morgan fingerprint density at radius 1 is 1.45 bits per heavy atom. The first-order valence-electron chi connectivity index (χ1n) is 6.92. The highest BCUT2D eigenvalue weighted by Gasteiger charge is 2.31. The highest BCUT2D eigenvalue weighted by atomic mass is 32.1. The SMILES string of the molecule is CCOC(=O)[C@@H]1CCCN(C(=O)c2sc(C)nc2C)C1. The fourth-order valence-corrected chi connectivity index (χ4v) is 3.38. The van der Waals surface area contributed by atoms with Crippen LogP contribution in [0.1, 0.15) is 40.1 Å². The first-order chi connectivity index (χ1) is 9.52. The quantitative estimate of drug-likeness (QED) is 0.802. The van der Waals surface area contributed by atoms with Crippen LogP contribution < -0.4 is 0 Å². The minimum absolute atomic E-state index is 0.0119. The lowest BCUT2D eigenvalue weighted by Gasteiger charge is -2.31. The van der Waals surface area contributed by atoms with E-state index in [0.29, 0.717) is 24.6 Å². The van der Waals surface area contributed by atoms with Gasteiger partial charge in [0.25, 0.3) is 5.91 Å². The molecule has 1 aromatic heterocycles. The van der Waals surface area contributed by atoms with Crippen molar-refractivity contribution < 1.29 is 14.3 Å². The first-order valence-corrected chi connectivity index (χ1v) is 7.74. The Morgan fingerprint density at radius 3 is 2.80 bits per heavy atom. The van der Waals surface area contributed by atoms with Gasteiger partial charge in [0, 0.05) is 13.1 Å². The molecule has 1 saturated heterocycles. The van der Waals surface area contributed by atoms with Crippen LogP contribution in [0.25, 0.3) is 0 Å². The summed E-state index contributed by atoms with van der Waals surface area (Å²) in [6.07, 6.45) is 1.63. The highest BCUT2D eigenvalue weighted by Crippen LogP contribution is 2.24. The van der Waals surface area contributed by atoms with Gasteiger partial charge in [0.05, 0.1) is 23.2 Å². The molecule has 0 unspecified atom stereocenters. The van der Waals surface area contributed by atoms with Crippen LogP contribution in [0.5, 0.6) is 0 Å². The van der Waals surface area contributed by atoms with Crippen molar-refractivity contribution in [2.45, 2.75) is 33.6 Å². The van der Waals surface area contributed by atoms with Crippen molar-refractivity contribution in [3.05, 3.63) is 15.6 Å². The van der Waals surface area contributed by atoms with Gasteiger partial charge >= 0.3 is 5.97 Å². The molecule has 0 aromatic carbocycles. The zero-order valence-electron chi connectivity index (χ0n) is 12.1. The Balaban J connectivity index is 2.07. The Kier molecular flexibility index (Phi) is 4.75. The summed E-state index contributed by atoms with van der Waals surface area (Å²) in [4.78, 5) is 31.0. The lowest BCUT2D eigenvalue weighted by atomic mass is 9.98. The van der Waals surface area contributed by atoms with Crippen molar-refractivity contribution in [1.82, 2.24) is 9.88 Å². The van der Waals surface area contributed by atoms with Crippen molar-refractivity contribution in [1.29, 1.82) is 0 Å². The van der Waals surface area contributed by atoms with Crippen LogP contribution in [0.4, 0.5) is 0 Å². The Bertz CT molecular complexity index is 513. The van der Waals surface area contributed by atoms with E-state index >= 15 is 0 Å². The molecule has 0 N–H and O–H groups in total. The van der Waals surface area contributed by atoms with E-state index in [4.69, 9.17) is 4.74 Å². The number of ether oxygens (including phenoxy) is 1. The number of aryl methyl sites for hydroxylation is 2. The minimum Gasteiger partial charge on any atom is -0.466 e. The lowest BCUT2D eigenvalue weighted by Crippen LogP contribution is -2.42. The number of thiazole rings is 1. The van der Waals surface area contributed by atoms with E-state index in [1.165, 1.54) is 11.3 Å². The van der Waals surface area contributed by atoms with Gasteiger partial charge in [0.15, 0.2) is 0 Å². The second-order valence-corrected chi connectivity index (χ2v) is 6.19. The van der Waals surface area contributed by atoms with Gasteiger partial charge in [-0.1, -0.05) is 0 Å². The second-order valence-electron chi connectivity index (χ2n) is 4.99. The summed E-state index contributed by atoms with van der Waals surface area (Å²) in [7, 11) is 0. The van der Waals surface area contributed by atoms with Crippen LogP contribution in [-0.4, -0.2) is 41.5 Å². The Labute approximate surface area is 122 Å². The van der Waals surface area contributed by atoms with Crippen molar-refractivity contribution in [3.63, 3.8) is 0 Å². The molecule has 20 heavy (non-hydrogen) atoms. The number of esters is 1. The molecule has 1 aliphatic heterocycles. The van der Waals surface area contributed by atoms with Gasteiger partial charge in [-0.3, -0.25) is 9.59 Å². The number of piperidine rings is 1. The number of aromatic nitrogens is 1. The summed E-state index contributed by atoms with van der Waals surface area (Å²) >= 11 is 1.42. The molecule has 1 aliphatic rings. The van der Waals surface area contributed by atoms with Crippen LogP contribution >= 0.6 is 11.3 Å². The van der Waals surface area contributed by atoms with Gasteiger partial charge in [-0.15, -0.1) is 11.3 Å². The summed E-state index contributed by atoms with van der Waals surface area (Å²) in [6.45, 7) is 7.08. The van der Waals surface area contributed by atoms with Gasteiger partial charge in [-0.05, 0) is 33.6 Å². The monoisotopic (exact) mass is 296 g/mol. The fraction of sp³-hybridized carbons (Fsp3) is 0.643. The van der Waals surface area contributed by atoms with Crippen LogP contribution in [0, 0.1) is 19.8 Å². The third kappa shape index (κ3) is 3.17. The summed E-state index contributed by atoms with van der Waals surface area (Å²) in [5, 5.41) is 0.893. The number of likely N-dealkylation sites (tertiary alicyclic amines) is 1. The molecule has 1 atom stereocenters. The molecule has 6 heteroatoms. The van der Waals surface area contributed by atoms with Crippen LogP contribution in [0.2, 0.25) is 0 Å². The maximum Gasteiger partial charge on any atom is 0.310 e. The van der Waals surface area contributed by atoms with E-state index in [-0.39, 0.29) is 17.8 Å². The smallest absolute Gasteiger partial charge is 0.310 e. The molecular weight excluding hydrogens is 276 g/mol. The van der Waals surface area contributed by atoms with Crippen molar-refractivity contribution in [2.24, 2.45) is 5.92 Å². The molecule has 2 rings (SSSR count). The molecule has 5 nitrogen and oxygen atoms in total. The third-order valence-corrected chi connectivity index (χ3v) is 4.49. The van der Waals surface area contributed by atoms with E-state index in [1.807, 2.05) is 13.8 Å². The van der Waals surface area contributed by atoms with Crippen molar-refractivity contribution in [2.75, 3.05) is 19.7 Å². The number of amides is 1. The van der Waals surface area contributed by atoms with Gasteiger partial charge in [-0.25, -0.2) is 4.98 Å². The Hall–Kier alpha value is -1.43. The molecule has 1 amide bonds.